The second kappa shape index (κ2) is 4.59. The Labute approximate surface area is 87.5 Å². The number of aliphatic hydroxyl groups is 1. The zero-order valence-electron chi connectivity index (χ0n) is 8.40. The number of carboxylic acid groups (broad SMARTS) is 1. The lowest BCUT2D eigenvalue weighted by molar-refractivity contribution is -0.146. The number of rotatable bonds is 4. The Bertz CT molecular complexity index is 261. The number of carbonyl (C=O) groups excluding carboxylic acids is 1. The molecule has 5 N–H and O–H groups in total. The summed E-state index contributed by atoms with van der Waals surface area (Å²) in [5.41, 5.74) is 4.95. The normalized spacial score (nSPS) is 20.9. The summed E-state index contributed by atoms with van der Waals surface area (Å²) >= 11 is 0. The molecule has 0 aliphatic heterocycles. The molecule has 6 heteroatoms. The van der Waals surface area contributed by atoms with E-state index in [4.69, 9.17) is 15.9 Å². The van der Waals surface area contributed by atoms with E-state index in [1.807, 2.05) is 0 Å². The molecule has 0 unspecified atom stereocenters. The molecule has 0 aromatic heterocycles. The Morgan fingerprint density at radius 1 is 1.40 bits per heavy atom. The lowest BCUT2D eigenvalue weighted by Crippen LogP contribution is -2.53. The maximum Gasteiger partial charge on any atom is 0.334 e. The van der Waals surface area contributed by atoms with Gasteiger partial charge < -0.3 is 21.3 Å². The Morgan fingerprint density at radius 2 is 1.93 bits per heavy atom. The van der Waals surface area contributed by atoms with Gasteiger partial charge in [0.2, 0.25) is 5.91 Å². The third-order valence-corrected chi connectivity index (χ3v) is 2.69. The van der Waals surface area contributed by atoms with Gasteiger partial charge in [0.05, 0.1) is 12.1 Å². The highest BCUT2D eigenvalue weighted by molar-refractivity contribution is 5.86. The standard InChI is InChI=1S/C9H16N2O4/c10-9(3-1-2-4-9)8(15)11-5-6(12)7(13)14/h6,12H,1-5,10H2,(H,11,15)(H,13,14)/t6-/m0/s1. The van der Waals surface area contributed by atoms with Crippen LogP contribution in [-0.4, -0.2) is 40.3 Å². The first-order chi connectivity index (χ1) is 6.96. The van der Waals surface area contributed by atoms with Crippen LogP contribution >= 0.6 is 0 Å². The highest BCUT2D eigenvalue weighted by atomic mass is 16.4. The number of aliphatic hydroxyl groups excluding tert-OH is 1. The van der Waals surface area contributed by atoms with E-state index < -0.39 is 17.6 Å². The number of amides is 1. The molecule has 0 bridgehead atoms. The largest absolute Gasteiger partial charge is 0.479 e. The number of hydrogen-bond donors (Lipinski definition) is 4. The van der Waals surface area contributed by atoms with Gasteiger partial charge >= 0.3 is 5.97 Å². The van der Waals surface area contributed by atoms with Crippen molar-refractivity contribution in [2.45, 2.75) is 37.3 Å². The fraction of sp³-hybridized carbons (Fsp3) is 0.778. The molecular weight excluding hydrogens is 200 g/mol. The summed E-state index contributed by atoms with van der Waals surface area (Å²) in [4.78, 5) is 21.8. The number of aliphatic carboxylic acids is 1. The molecule has 1 fully saturated rings. The molecule has 1 saturated carbocycles. The predicted molar refractivity (Wildman–Crippen MR) is 52.0 cm³/mol. The van der Waals surface area contributed by atoms with Crippen LogP contribution in [0.4, 0.5) is 0 Å². The molecule has 15 heavy (non-hydrogen) atoms. The number of nitrogens with one attached hydrogen (secondary N) is 1. The second-order valence-corrected chi connectivity index (χ2v) is 3.93. The van der Waals surface area contributed by atoms with Crippen molar-refractivity contribution in [3.63, 3.8) is 0 Å². The Balaban J connectivity index is 2.39. The van der Waals surface area contributed by atoms with Gasteiger partial charge in [-0.1, -0.05) is 12.8 Å². The third-order valence-electron chi connectivity index (χ3n) is 2.69. The number of carboxylic acids is 1. The first kappa shape index (κ1) is 11.9. The van der Waals surface area contributed by atoms with Crippen LogP contribution in [0.3, 0.4) is 0 Å². The fourth-order valence-electron chi connectivity index (χ4n) is 1.69. The Kier molecular flexibility index (Phi) is 3.65. The summed E-state index contributed by atoms with van der Waals surface area (Å²) in [6, 6.07) is 0. The molecular formula is C9H16N2O4. The van der Waals surface area contributed by atoms with E-state index in [2.05, 4.69) is 5.32 Å². The van der Waals surface area contributed by atoms with Crippen molar-refractivity contribution in [1.82, 2.24) is 5.32 Å². The minimum atomic E-state index is -1.57. The first-order valence-corrected chi connectivity index (χ1v) is 4.94. The quantitative estimate of drug-likeness (QED) is 0.472. The van der Waals surface area contributed by atoms with Crippen molar-refractivity contribution < 1.29 is 19.8 Å². The van der Waals surface area contributed by atoms with Gasteiger partial charge in [-0.15, -0.1) is 0 Å². The van der Waals surface area contributed by atoms with E-state index in [1.54, 1.807) is 0 Å². The smallest absolute Gasteiger partial charge is 0.334 e. The average Bonchev–Trinajstić information content (AvgIpc) is 2.62. The molecule has 6 nitrogen and oxygen atoms in total. The molecule has 1 atom stereocenters. The summed E-state index contributed by atoms with van der Waals surface area (Å²) in [5.74, 6) is -1.73. The molecule has 0 spiro atoms. The molecule has 0 aromatic rings. The summed E-state index contributed by atoms with van der Waals surface area (Å²) in [6.45, 7) is -0.298. The topological polar surface area (TPSA) is 113 Å². The number of carbonyl (C=O) groups is 2. The second-order valence-electron chi connectivity index (χ2n) is 3.93. The summed E-state index contributed by atoms with van der Waals surface area (Å²) in [6.07, 6.45) is 1.47. The summed E-state index contributed by atoms with van der Waals surface area (Å²) in [5, 5.41) is 19.7. The molecule has 0 aromatic carbocycles. The van der Waals surface area contributed by atoms with E-state index in [-0.39, 0.29) is 12.5 Å². The van der Waals surface area contributed by atoms with Gasteiger partial charge in [-0.25, -0.2) is 4.79 Å². The van der Waals surface area contributed by atoms with Gasteiger partial charge in [-0.2, -0.15) is 0 Å². The Morgan fingerprint density at radius 3 is 2.40 bits per heavy atom. The summed E-state index contributed by atoms with van der Waals surface area (Å²) < 4.78 is 0. The lowest BCUT2D eigenvalue weighted by atomic mass is 9.98. The lowest BCUT2D eigenvalue weighted by Gasteiger charge is -2.22. The van der Waals surface area contributed by atoms with E-state index in [1.165, 1.54) is 0 Å². The highest BCUT2D eigenvalue weighted by Gasteiger charge is 2.37. The maximum absolute atomic E-state index is 11.6. The van der Waals surface area contributed by atoms with Crippen molar-refractivity contribution in [3.05, 3.63) is 0 Å². The van der Waals surface area contributed by atoms with Crippen LogP contribution in [0.1, 0.15) is 25.7 Å². The fourth-order valence-corrected chi connectivity index (χ4v) is 1.69. The molecule has 0 saturated heterocycles. The van der Waals surface area contributed by atoms with Gasteiger partial charge in [0.15, 0.2) is 6.10 Å². The zero-order valence-corrected chi connectivity index (χ0v) is 8.40. The third kappa shape index (κ3) is 2.90. The maximum atomic E-state index is 11.6. The molecule has 1 aliphatic carbocycles. The molecule has 1 aliphatic rings. The van der Waals surface area contributed by atoms with Crippen LogP contribution < -0.4 is 11.1 Å². The molecule has 1 amide bonds. The van der Waals surface area contributed by atoms with Crippen LogP contribution in [0.15, 0.2) is 0 Å². The molecule has 0 heterocycles. The van der Waals surface area contributed by atoms with Crippen LogP contribution in [0.2, 0.25) is 0 Å². The van der Waals surface area contributed by atoms with Crippen molar-refractivity contribution in [2.24, 2.45) is 5.73 Å². The zero-order chi connectivity index (χ0) is 11.5. The number of hydrogen-bond acceptors (Lipinski definition) is 4. The molecule has 0 radical (unpaired) electrons. The SMILES string of the molecule is NC1(C(=O)NC[C@H](O)C(=O)O)CCCC1. The van der Waals surface area contributed by atoms with Gasteiger partial charge in [0, 0.05) is 0 Å². The van der Waals surface area contributed by atoms with Crippen LogP contribution in [0, 0.1) is 0 Å². The van der Waals surface area contributed by atoms with E-state index in [0.29, 0.717) is 12.8 Å². The van der Waals surface area contributed by atoms with Crippen molar-refractivity contribution in [2.75, 3.05) is 6.54 Å². The first-order valence-electron chi connectivity index (χ1n) is 4.94. The van der Waals surface area contributed by atoms with Crippen LogP contribution in [-0.2, 0) is 9.59 Å². The Hall–Kier alpha value is -1.14. The minimum absolute atomic E-state index is 0.298. The van der Waals surface area contributed by atoms with E-state index in [9.17, 15) is 9.59 Å². The summed E-state index contributed by atoms with van der Waals surface area (Å²) in [7, 11) is 0. The van der Waals surface area contributed by atoms with Crippen molar-refractivity contribution >= 4 is 11.9 Å². The van der Waals surface area contributed by atoms with Gasteiger partial charge in [-0.05, 0) is 12.8 Å². The highest BCUT2D eigenvalue weighted by Crippen LogP contribution is 2.27. The van der Waals surface area contributed by atoms with Crippen LogP contribution in [0.25, 0.3) is 0 Å². The van der Waals surface area contributed by atoms with Gasteiger partial charge in [0.25, 0.3) is 0 Å². The monoisotopic (exact) mass is 216 g/mol. The molecule has 1 rings (SSSR count). The predicted octanol–water partition coefficient (Wildman–Crippen LogP) is -1.18. The van der Waals surface area contributed by atoms with Crippen molar-refractivity contribution in [3.8, 4) is 0 Å². The van der Waals surface area contributed by atoms with Gasteiger partial charge in [0.1, 0.15) is 0 Å². The van der Waals surface area contributed by atoms with Crippen LogP contribution in [0.5, 0.6) is 0 Å². The van der Waals surface area contributed by atoms with E-state index in [0.717, 1.165) is 12.8 Å². The average molecular weight is 216 g/mol. The number of nitrogens with two attached hydrogens (primary N) is 1. The van der Waals surface area contributed by atoms with E-state index >= 15 is 0 Å². The minimum Gasteiger partial charge on any atom is -0.479 e. The molecule has 86 valence electrons. The van der Waals surface area contributed by atoms with Gasteiger partial charge in [-0.3, -0.25) is 4.79 Å². The van der Waals surface area contributed by atoms with Crippen molar-refractivity contribution in [1.29, 1.82) is 0 Å².